The third kappa shape index (κ3) is 33.8. The van der Waals surface area contributed by atoms with Crippen molar-refractivity contribution >= 4 is 29.6 Å². The number of carboxylic acids is 1. The van der Waals surface area contributed by atoms with Gasteiger partial charge in [-0.05, 0) is 19.3 Å². The number of unbranched alkanes of at least 4 members (excludes halogenated alkanes) is 29. The molecule has 0 aromatic carbocycles. The molecule has 23 N–H and O–H groups in total. The van der Waals surface area contributed by atoms with Crippen molar-refractivity contribution in [3.63, 3.8) is 0 Å². The molecule has 6 aliphatic heterocycles. The number of allylic oxidation sites excluding steroid dienone is 1. The lowest BCUT2D eigenvalue weighted by atomic mass is 9.88. The maximum Gasteiger partial charge on any atom is 0.364 e. The van der Waals surface area contributed by atoms with E-state index in [-0.39, 0.29) is 12.3 Å². The molecule has 0 aromatic rings. The molecule has 4 amide bonds. The van der Waals surface area contributed by atoms with Gasteiger partial charge in [-0.3, -0.25) is 19.2 Å². The summed E-state index contributed by atoms with van der Waals surface area (Å²) in [4.78, 5) is 65.9. The van der Waals surface area contributed by atoms with Crippen molar-refractivity contribution in [1.82, 2.24) is 21.3 Å². The number of carbonyl (C=O) groups excluding carboxylic acids is 4. The highest BCUT2D eigenvalue weighted by Crippen LogP contribution is 2.42. The van der Waals surface area contributed by atoms with Crippen LogP contribution in [0.15, 0.2) is 12.2 Å². The van der Waals surface area contributed by atoms with Crippen molar-refractivity contribution < 1.29 is 178 Å². The zero-order valence-electron chi connectivity index (χ0n) is 73.4. The van der Waals surface area contributed by atoms with Crippen LogP contribution in [0.25, 0.3) is 0 Å². The first-order chi connectivity index (χ1) is 59.9. The van der Waals surface area contributed by atoms with E-state index < -0.39 is 278 Å². The van der Waals surface area contributed by atoms with E-state index in [0.29, 0.717) is 12.8 Å². The Balaban J connectivity index is 1.19. The number of nitrogens with one attached hydrogen (secondary N) is 4. The van der Waals surface area contributed by atoms with Gasteiger partial charge < -0.3 is 175 Å². The summed E-state index contributed by atoms with van der Waals surface area (Å²) in [5, 5.41) is 225. The molecule has 6 heterocycles. The fourth-order valence-electron chi connectivity index (χ4n) is 16.9. The fraction of sp³-hybridized carbons (Fsp3) is 0.918. The van der Waals surface area contributed by atoms with Crippen molar-refractivity contribution in [3.8, 4) is 0 Å². The molecule has 728 valence electrons. The summed E-state index contributed by atoms with van der Waals surface area (Å²) in [6.07, 6.45) is -20.4. The number of rotatable bonds is 60. The highest BCUT2D eigenvalue weighted by molar-refractivity contribution is 5.77. The number of ether oxygens (including phenoxy) is 12. The summed E-state index contributed by atoms with van der Waals surface area (Å²) < 4.78 is 72.4. The summed E-state index contributed by atoms with van der Waals surface area (Å²) in [5.74, 6) is -8.73. The van der Waals surface area contributed by atoms with Gasteiger partial charge in [-0.2, -0.15) is 0 Å². The molecule has 0 aromatic heterocycles. The molecule has 0 bridgehead atoms. The quantitative estimate of drug-likeness (QED) is 0.0243. The summed E-state index contributed by atoms with van der Waals surface area (Å²) in [6.45, 7) is 0.0342. The summed E-state index contributed by atoms with van der Waals surface area (Å²) >= 11 is 0. The van der Waals surface area contributed by atoms with Gasteiger partial charge in [0.1, 0.15) is 140 Å². The van der Waals surface area contributed by atoms with Crippen LogP contribution >= 0.6 is 0 Å². The molecule has 0 spiro atoms. The van der Waals surface area contributed by atoms with E-state index in [2.05, 4.69) is 35.1 Å². The molecule has 6 rings (SSSR count). The fourth-order valence-corrected chi connectivity index (χ4v) is 16.9. The number of carboxylic acid groups (broad SMARTS) is 1. The summed E-state index contributed by atoms with van der Waals surface area (Å²) in [5.41, 5.74) is 0. The standard InChI is InChI=1S/C85H152N4O36/c1-6-8-10-12-14-16-18-20-21-22-23-24-25-27-29-31-33-35-37-39-60(102)89-51(52(99)38-36-34-32-30-28-26-19-17-15-13-11-9-7-2)47-114-81-70(109)69(108)73(58(45-94)118-81)120-82-71(110)77(67(106)57(44-93)117-82)123-80-63(88-50(5)98)75(66(105)56(43-92)116-80)122-83-72(111)78(74(59(46-95)119-83)121-79-62(87-49(4)97)68(107)65(104)55(42-91)115-79)125-85(84(112)113)40-53(100)61(86-48(3)96)76(124-85)64(103)54(101)41-90/h36,38,51-59,61-83,90-95,99-101,103-111H,6-35,37,39-47H2,1-5H3,(H,86,96)(H,87,97)(H,88,98)(H,89,102)(H,112,113)/b38-36+/t51-,52+,53?,54+,55?,56?,57?,58?,59?,61+,62?,63?,64+,65-,66+,67-,68+,69+,70?,71?,72?,73+,74-,75+,76?,77-,78+,79-,80-,81+,82-,83-,85-/m0/s1. The molecular formula is C85H152N4O36. The number of aliphatic carboxylic acids is 1. The van der Waals surface area contributed by atoms with E-state index in [1.807, 2.05) is 6.08 Å². The smallest absolute Gasteiger partial charge is 0.364 e. The largest absolute Gasteiger partial charge is 0.477 e. The van der Waals surface area contributed by atoms with Gasteiger partial charge >= 0.3 is 5.97 Å². The second-order valence-electron chi connectivity index (χ2n) is 34.2. The zero-order valence-corrected chi connectivity index (χ0v) is 73.4. The van der Waals surface area contributed by atoms with Crippen LogP contribution < -0.4 is 21.3 Å². The Morgan fingerprint density at radius 3 is 1.29 bits per heavy atom. The lowest BCUT2D eigenvalue weighted by Crippen LogP contribution is -2.72. The molecule has 40 heteroatoms. The number of hydrogen-bond acceptors (Lipinski definition) is 35. The Morgan fingerprint density at radius 1 is 0.416 bits per heavy atom. The van der Waals surface area contributed by atoms with Gasteiger partial charge in [0.2, 0.25) is 23.6 Å². The van der Waals surface area contributed by atoms with Crippen molar-refractivity contribution in [3.05, 3.63) is 12.2 Å². The first-order valence-electron chi connectivity index (χ1n) is 45.6. The van der Waals surface area contributed by atoms with Crippen LogP contribution in [0.4, 0.5) is 0 Å². The summed E-state index contributed by atoms with van der Waals surface area (Å²) in [7, 11) is 0. The number of aliphatic hydroxyl groups excluding tert-OH is 18. The molecule has 40 nitrogen and oxygen atoms in total. The Kier molecular flexibility index (Phi) is 50.9. The zero-order chi connectivity index (χ0) is 91.9. The Bertz CT molecular complexity index is 3040. The molecule has 6 saturated heterocycles. The van der Waals surface area contributed by atoms with Crippen LogP contribution in [0.2, 0.25) is 0 Å². The SMILES string of the molecule is CCCCCCCCCCCCC/C=C/[C@@H](O)[C@H](CO[C@@H]1OC(CO)[C@@H](O[C@@H]2OC(CO)[C@H](O)[C@H](O[C@@H]3OC(CO)[C@@H](O)[C@H](O[C@@H]4OC(CO)[C@H](O[C@@H]5OC(CO)[C@H](O)[C@H](O)C5NC(C)=O)[C@H](O[C@]5(C(=O)O)CC(O)[C@@H](NC(C)=O)C([C@H](O)[C@H](O)CO)O5)C4O)C3NC(C)=O)C2O)[C@H](O)C1O)NC(=O)CCCCCCCCCCCCCCCCCCCCC. The molecule has 0 radical (unpaired) electrons. The first-order valence-corrected chi connectivity index (χ1v) is 45.6. The average Bonchev–Trinajstić information content (AvgIpc) is 0.744. The Labute approximate surface area is 732 Å². The van der Waals surface area contributed by atoms with Crippen LogP contribution in [0.5, 0.6) is 0 Å². The van der Waals surface area contributed by atoms with E-state index in [4.69, 9.17) is 56.8 Å². The normalized spacial score (nSPS) is 35.0. The minimum atomic E-state index is -3.42. The molecule has 6 fully saturated rings. The first kappa shape index (κ1) is 110. The third-order valence-electron chi connectivity index (χ3n) is 24.1. The highest BCUT2D eigenvalue weighted by atomic mass is 16.8. The molecule has 6 aliphatic rings. The van der Waals surface area contributed by atoms with Gasteiger partial charge in [-0.25, -0.2) is 4.79 Å². The second kappa shape index (κ2) is 58.0. The molecule has 12 unspecified atom stereocenters. The predicted molar refractivity (Wildman–Crippen MR) is 441 cm³/mol. The van der Waals surface area contributed by atoms with Gasteiger partial charge in [0.05, 0.1) is 70.5 Å². The monoisotopic (exact) mass is 1810 g/mol. The van der Waals surface area contributed by atoms with Crippen molar-refractivity contribution in [1.29, 1.82) is 0 Å². The third-order valence-corrected chi connectivity index (χ3v) is 24.1. The predicted octanol–water partition coefficient (Wildman–Crippen LogP) is -1.51. The van der Waals surface area contributed by atoms with Gasteiger partial charge in [-0.1, -0.05) is 206 Å². The van der Waals surface area contributed by atoms with Crippen LogP contribution in [0.1, 0.15) is 247 Å². The lowest BCUT2D eigenvalue weighted by Gasteiger charge is -2.53. The van der Waals surface area contributed by atoms with E-state index in [0.717, 1.165) is 78.6 Å². The molecule has 0 saturated carbocycles. The number of hydrogen-bond donors (Lipinski definition) is 23. The second-order valence-corrected chi connectivity index (χ2v) is 34.2. The highest BCUT2D eigenvalue weighted by Gasteiger charge is 2.63. The van der Waals surface area contributed by atoms with Crippen molar-refractivity contribution in [2.45, 2.75) is 448 Å². The van der Waals surface area contributed by atoms with Crippen LogP contribution in [0, 0.1) is 0 Å². The van der Waals surface area contributed by atoms with Gasteiger partial charge in [0.15, 0.2) is 31.5 Å². The van der Waals surface area contributed by atoms with Crippen LogP contribution in [-0.4, -0.2) is 375 Å². The Hall–Kier alpha value is -4.11. The molecule has 33 atom stereocenters. The number of aliphatic hydroxyl groups is 18. The van der Waals surface area contributed by atoms with Crippen LogP contribution in [0.3, 0.4) is 0 Å². The minimum Gasteiger partial charge on any atom is -0.477 e. The number of carbonyl (C=O) groups is 5. The Morgan fingerprint density at radius 2 is 0.808 bits per heavy atom. The molecular weight excluding hydrogens is 1650 g/mol. The molecule has 0 aliphatic carbocycles. The van der Waals surface area contributed by atoms with Gasteiger partial charge in [0, 0.05) is 33.6 Å². The van der Waals surface area contributed by atoms with E-state index >= 15 is 0 Å². The maximum absolute atomic E-state index is 13.8. The maximum atomic E-state index is 13.8. The van der Waals surface area contributed by atoms with Crippen molar-refractivity contribution in [2.24, 2.45) is 0 Å². The topological polar surface area (TPSA) is 629 Å². The van der Waals surface area contributed by atoms with E-state index in [1.165, 1.54) is 128 Å². The van der Waals surface area contributed by atoms with Crippen molar-refractivity contribution in [2.75, 3.05) is 46.2 Å². The minimum absolute atomic E-state index is 0.146. The van der Waals surface area contributed by atoms with Gasteiger partial charge in [-0.15, -0.1) is 0 Å². The lowest BCUT2D eigenvalue weighted by molar-refractivity contribution is -0.400. The number of amides is 4. The van der Waals surface area contributed by atoms with E-state index in [1.54, 1.807) is 6.08 Å². The average molecular weight is 1810 g/mol. The van der Waals surface area contributed by atoms with E-state index in [9.17, 15) is 121 Å². The van der Waals surface area contributed by atoms with Gasteiger partial charge in [0.25, 0.3) is 5.79 Å². The summed E-state index contributed by atoms with van der Waals surface area (Å²) in [6, 6.07) is -6.76. The molecule has 125 heavy (non-hydrogen) atoms. The van der Waals surface area contributed by atoms with Crippen LogP contribution in [-0.2, 0) is 80.8 Å².